The molecule has 8 nitrogen and oxygen atoms in total. The molecule has 0 fully saturated rings. The second-order valence-corrected chi connectivity index (χ2v) is 5.48. The summed E-state index contributed by atoms with van der Waals surface area (Å²) in [6.07, 6.45) is 3.03. The first-order valence-corrected chi connectivity index (χ1v) is 7.82. The van der Waals surface area contributed by atoms with E-state index in [0.717, 1.165) is 5.69 Å². The summed E-state index contributed by atoms with van der Waals surface area (Å²) in [5, 5.41) is 14.5. The van der Waals surface area contributed by atoms with Gasteiger partial charge in [-0.1, -0.05) is 24.3 Å². The van der Waals surface area contributed by atoms with Crippen molar-refractivity contribution in [2.45, 2.75) is 0 Å². The van der Waals surface area contributed by atoms with Gasteiger partial charge in [0.05, 0.1) is 17.3 Å². The van der Waals surface area contributed by atoms with Gasteiger partial charge in [0.1, 0.15) is 12.1 Å². The highest BCUT2D eigenvalue weighted by Gasteiger charge is 2.12. The minimum absolute atomic E-state index is 0.0196. The molecule has 128 valence electrons. The van der Waals surface area contributed by atoms with Gasteiger partial charge in [-0.25, -0.2) is 14.6 Å². The lowest BCUT2D eigenvalue weighted by Gasteiger charge is -2.09. The number of hydrogen-bond donors (Lipinski definition) is 3. The molecule has 4 rings (SSSR count). The molecular weight excluding hydrogens is 332 g/mol. The zero-order valence-corrected chi connectivity index (χ0v) is 13.5. The Hall–Kier alpha value is -3.94. The van der Waals surface area contributed by atoms with E-state index in [2.05, 4.69) is 25.9 Å². The van der Waals surface area contributed by atoms with E-state index in [1.54, 1.807) is 23.0 Å². The monoisotopic (exact) mass is 346 g/mol. The van der Waals surface area contributed by atoms with Crippen molar-refractivity contribution < 1.29 is 9.90 Å². The molecule has 0 saturated heterocycles. The highest BCUT2D eigenvalue weighted by Crippen LogP contribution is 2.21. The molecule has 0 atom stereocenters. The number of carbonyl (C=O) groups is 1. The molecule has 0 aliphatic carbocycles. The summed E-state index contributed by atoms with van der Waals surface area (Å²) in [7, 11) is 0. The maximum atomic E-state index is 12.2. The lowest BCUT2D eigenvalue weighted by atomic mass is 10.2. The molecule has 0 unspecified atom stereocenters. The maximum Gasteiger partial charge on any atom is 0.269 e. The van der Waals surface area contributed by atoms with Gasteiger partial charge >= 0.3 is 0 Å². The van der Waals surface area contributed by atoms with Crippen molar-refractivity contribution in [3.8, 4) is 11.4 Å². The number of amides is 1. The van der Waals surface area contributed by atoms with Crippen LogP contribution in [0.5, 0.6) is 5.75 Å². The number of aromatic hydroxyl groups is 1. The number of rotatable bonds is 4. The van der Waals surface area contributed by atoms with Gasteiger partial charge in [0, 0.05) is 5.56 Å². The third-order valence-electron chi connectivity index (χ3n) is 3.77. The zero-order chi connectivity index (χ0) is 17.9. The van der Waals surface area contributed by atoms with E-state index in [1.165, 1.54) is 18.5 Å². The smallest absolute Gasteiger partial charge is 0.269 e. The number of hydrazine groups is 1. The number of benzene rings is 2. The minimum atomic E-state index is -0.400. The average Bonchev–Trinajstić information content (AvgIpc) is 3.11. The van der Waals surface area contributed by atoms with E-state index in [-0.39, 0.29) is 5.75 Å². The maximum absolute atomic E-state index is 12.2. The minimum Gasteiger partial charge on any atom is -0.508 e. The first-order chi connectivity index (χ1) is 12.7. The van der Waals surface area contributed by atoms with Crippen LogP contribution >= 0.6 is 0 Å². The predicted octanol–water partition coefficient (Wildman–Crippen LogP) is 2.28. The van der Waals surface area contributed by atoms with Crippen molar-refractivity contribution >= 4 is 22.8 Å². The number of carbonyl (C=O) groups excluding carboxylic acids is 1. The highest BCUT2D eigenvalue weighted by molar-refractivity contribution is 5.96. The molecule has 26 heavy (non-hydrogen) atoms. The first kappa shape index (κ1) is 15.6. The molecule has 3 N–H and O–H groups in total. The predicted molar refractivity (Wildman–Crippen MR) is 95.9 cm³/mol. The quantitative estimate of drug-likeness (QED) is 0.490. The van der Waals surface area contributed by atoms with Crippen LogP contribution in [0.15, 0.2) is 67.1 Å². The molecule has 0 aliphatic rings. The number of fused-ring (bicyclic) bond motifs is 1. The van der Waals surface area contributed by atoms with E-state index >= 15 is 0 Å². The second-order valence-electron chi connectivity index (χ2n) is 5.48. The molecular formula is C18H14N6O2. The van der Waals surface area contributed by atoms with E-state index in [9.17, 15) is 9.90 Å². The van der Waals surface area contributed by atoms with Gasteiger partial charge in [0.2, 0.25) is 0 Å². The SMILES string of the molecule is O=C(NNc1ncnc2c1cnn2-c1ccccc1)c1cccc(O)c1. The van der Waals surface area contributed by atoms with E-state index in [1.807, 2.05) is 30.3 Å². The molecule has 2 aromatic heterocycles. The first-order valence-electron chi connectivity index (χ1n) is 7.82. The summed E-state index contributed by atoms with van der Waals surface area (Å²) in [4.78, 5) is 20.6. The summed E-state index contributed by atoms with van der Waals surface area (Å²) in [5.74, 6) is 0.0417. The molecule has 0 spiro atoms. The van der Waals surface area contributed by atoms with Crippen molar-refractivity contribution in [2.24, 2.45) is 0 Å². The van der Waals surface area contributed by atoms with Crippen molar-refractivity contribution in [1.82, 2.24) is 25.2 Å². The van der Waals surface area contributed by atoms with Gasteiger partial charge < -0.3 is 5.11 Å². The van der Waals surface area contributed by atoms with Crippen molar-refractivity contribution in [3.05, 3.63) is 72.7 Å². The Morgan fingerprint density at radius 3 is 2.69 bits per heavy atom. The zero-order valence-electron chi connectivity index (χ0n) is 13.5. The topological polar surface area (TPSA) is 105 Å². The standard InChI is InChI=1S/C18H14N6O2/c25-14-8-4-5-12(9-14)18(26)23-22-16-15-10-21-24(17(15)20-11-19-16)13-6-2-1-3-7-13/h1-11,25H,(H,23,26)(H,19,20,22). The number of nitrogens with zero attached hydrogens (tertiary/aromatic N) is 4. The van der Waals surface area contributed by atoms with Crippen molar-refractivity contribution in [2.75, 3.05) is 5.43 Å². The van der Waals surface area contributed by atoms with Gasteiger partial charge in [-0.3, -0.25) is 15.6 Å². The Kier molecular flexibility index (Phi) is 3.91. The Morgan fingerprint density at radius 2 is 1.88 bits per heavy atom. The molecule has 2 aromatic carbocycles. The Bertz CT molecular complexity index is 1080. The average molecular weight is 346 g/mol. The van der Waals surface area contributed by atoms with E-state index < -0.39 is 5.91 Å². The number of anilines is 1. The third kappa shape index (κ3) is 2.91. The summed E-state index contributed by atoms with van der Waals surface area (Å²) < 4.78 is 1.69. The molecule has 0 radical (unpaired) electrons. The fourth-order valence-corrected chi connectivity index (χ4v) is 2.54. The van der Waals surface area contributed by atoms with Crippen LogP contribution in [0.4, 0.5) is 5.82 Å². The third-order valence-corrected chi connectivity index (χ3v) is 3.77. The second kappa shape index (κ2) is 6.52. The van der Waals surface area contributed by atoms with Crippen molar-refractivity contribution in [1.29, 1.82) is 0 Å². The fourth-order valence-electron chi connectivity index (χ4n) is 2.54. The van der Waals surface area contributed by atoms with Crippen LogP contribution in [0.25, 0.3) is 16.7 Å². The highest BCUT2D eigenvalue weighted by atomic mass is 16.3. The summed E-state index contributed by atoms with van der Waals surface area (Å²) in [5.41, 5.74) is 7.15. The van der Waals surface area contributed by atoms with E-state index in [4.69, 9.17) is 0 Å². The molecule has 4 aromatic rings. The molecule has 1 amide bonds. The summed E-state index contributed by atoms with van der Waals surface area (Å²) in [6, 6.07) is 15.7. The van der Waals surface area contributed by atoms with Crippen LogP contribution in [-0.2, 0) is 0 Å². The van der Waals surface area contributed by atoms with Gasteiger partial charge in [0.25, 0.3) is 5.91 Å². The largest absolute Gasteiger partial charge is 0.508 e. The van der Waals surface area contributed by atoms with Crippen LogP contribution in [0.1, 0.15) is 10.4 Å². The Morgan fingerprint density at radius 1 is 1.04 bits per heavy atom. The normalized spacial score (nSPS) is 10.6. The number of phenols is 1. The van der Waals surface area contributed by atoms with Crippen LogP contribution in [0.2, 0.25) is 0 Å². The van der Waals surface area contributed by atoms with Crippen LogP contribution in [0.3, 0.4) is 0 Å². The fraction of sp³-hybridized carbons (Fsp3) is 0. The van der Waals surface area contributed by atoms with Crippen LogP contribution < -0.4 is 10.9 Å². The van der Waals surface area contributed by atoms with Gasteiger partial charge in [-0.15, -0.1) is 0 Å². The summed E-state index contributed by atoms with van der Waals surface area (Å²) in [6.45, 7) is 0. The number of nitrogens with one attached hydrogen (secondary N) is 2. The number of para-hydroxylation sites is 1. The molecule has 8 heteroatoms. The Labute approximate surface area is 148 Å². The lowest BCUT2D eigenvalue weighted by molar-refractivity contribution is 0.0962. The Balaban J connectivity index is 1.60. The van der Waals surface area contributed by atoms with Crippen molar-refractivity contribution in [3.63, 3.8) is 0 Å². The number of hydrogen-bond acceptors (Lipinski definition) is 6. The van der Waals surface area contributed by atoms with Gasteiger partial charge in [-0.05, 0) is 30.3 Å². The van der Waals surface area contributed by atoms with Crippen LogP contribution in [0, 0.1) is 0 Å². The molecule has 0 bridgehead atoms. The van der Waals surface area contributed by atoms with E-state index in [0.29, 0.717) is 22.4 Å². The number of phenolic OH excluding ortho intramolecular Hbond substituents is 1. The molecule has 0 saturated carbocycles. The summed E-state index contributed by atoms with van der Waals surface area (Å²) >= 11 is 0. The molecule has 2 heterocycles. The van der Waals surface area contributed by atoms with Gasteiger partial charge in [-0.2, -0.15) is 5.10 Å². The molecule has 0 aliphatic heterocycles. The van der Waals surface area contributed by atoms with Gasteiger partial charge in [0.15, 0.2) is 11.5 Å². The lowest BCUT2D eigenvalue weighted by Crippen LogP contribution is -2.29. The van der Waals surface area contributed by atoms with Crippen LogP contribution in [-0.4, -0.2) is 30.8 Å². The number of aromatic nitrogens is 4.